The number of aryl methyl sites for hydroxylation is 1. The van der Waals surface area contributed by atoms with Crippen molar-refractivity contribution in [3.63, 3.8) is 0 Å². The van der Waals surface area contributed by atoms with Gasteiger partial charge in [-0.05, 0) is 44.2 Å². The predicted molar refractivity (Wildman–Crippen MR) is 83.3 cm³/mol. The zero-order valence-corrected chi connectivity index (χ0v) is 13.3. The number of anilines is 1. The van der Waals surface area contributed by atoms with Gasteiger partial charge in [0.05, 0.1) is 10.9 Å². The van der Waals surface area contributed by atoms with E-state index in [1.165, 1.54) is 15.2 Å². The van der Waals surface area contributed by atoms with Crippen molar-refractivity contribution in [1.29, 1.82) is 0 Å². The van der Waals surface area contributed by atoms with Gasteiger partial charge in [-0.25, -0.2) is 8.42 Å². The average molecular weight is 310 g/mol. The highest BCUT2D eigenvalue weighted by Gasteiger charge is 2.27. The maximum absolute atomic E-state index is 12.6. The molecule has 1 aromatic carbocycles. The Hall–Kier alpha value is -1.37. The average Bonchev–Trinajstić information content (AvgIpc) is 2.83. The third-order valence-electron chi connectivity index (χ3n) is 3.25. The summed E-state index contributed by atoms with van der Waals surface area (Å²) in [4.78, 5) is 2.42. The van der Waals surface area contributed by atoms with Crippen LogP contribution in [0.3, 0.4) is 0 Å². The first-order valence-electron chi connectivity index (χ1n) is 6.22. The van der Waals surface area contributed by atoms with E-state index in [2.05, 4.69) is 0 Å². The molecule has 1 atom stereocenters. The van der Waals surface area contributed by atoms with Crippen molar-refractivity contribution in [2.45, 2.75) is 24.8 Å². The predicted octanol–water partition coefficient (Wildman–Crippen LogP) is 3.02. The van der Waals surface area contributed by atoms with Crippen LogP contribution in [0.15, 0.2) is 41.3 Å². The summed E-state index contributed by atoms with van der Waals surface area (Å²) >= 11 is 1.61. The lowest BCUT2D eigenvalue weighted by molar-refractivity contribution is 0.403. The van der Waals surface area contributed by atoms with Gasteiger partial charge in [0.2, 0.25) is 10.0 Å². The van der Waals surface area contributed by atoms with E-state index in [0.29, 0.717) is 5.69 Å². The van der Waals surface area contributed by atoms with Crippen LogP contribution >= 0.6 is 11.3 Å². The third-order valence-corrected chi connectivity index (χ3v) is 6.35. The zero-order chi connectivity index (χ0) is 14.9. The number of hydrogen-bond donors (Lipinski definition) is 1. The highest BCUT2D eigenvalue weighted by molar-refractivity contribution is 7.89. The second kappa shape index (κ2) is 5.55. The summed E-state index contributed by atoms with van der Waals surface area (Å²) in [6, 6.07) is 10.1. The number of sulfonamides is 1. The quantitative estimate of drug-likeness (QED) is 0.883. The number of nitrogens with zero attached hydrogens (tertiary/aromatic N) is 1. The standard InChI is InChI=1S/C14H18N2O2S2/c1-10-7-8-14(19-10)11(2)16(3)20(17,18)13-6-4-5-12(15)9-13/h4-9,11H,15H2,1-3H3. The number of benzene rings is 1. The van der Waals surface area contributed by atoms with Crippen molar-refractivity contribution >= 4 is 27.0 Å². The Morgan fingerprint density at radius 3 is 2.50 bits per heavy atom. The summed E-state index contributed by atoms with van der Waals surface area (Å²) in [7, 11) is -1.94. The number of nitrogens with two attached hydrogens (primary N) is 1. The SMILES string of the molecule is Cc1ccc(C(C)N(C)S(=O)(=O)c2cccc(N)c2)s1. The summed E-state index contributed by atoms with van der Waals surface area (Å²) in [6.45, 7) is 3.89. The first-order chi connectivity index (χ1) is 9.32. The van der Waals surface area contributed by atoms with Crippen LogP contribution in [0.4, 0.5) is 5.69 Å². The fourth-order valence-electron chi connectivity index (χ4n) is 1.91. The van der Waals surface area contributed by atoms with Crippen LogP contribution < -0.4 is 5.73 Å². The van der Waals surface area contributed by atoms with E-state index in [-0.39, 0.29) is 10.9 Å². The fourth-order valence-corrected chi connectivity index (χ4v) is 4.34. The molecule has 1 aromatic heterocycles. The molecule has 108 valence electrons. The zero-order valence-electron chi connectivity index (χ0n) is 11.7. The molecule has 4 nitrogen and oxygen atoms in total. The van der Waals surface area contributed by atoms with Gasteiger partial charge in [0.15, 0.2) is 0 Å². The molecule has 2 N–H and O–H groups in total. The Morgan fingerprint density at radius 1 is 1.25 bits per heavy atom. The molecule has 0 saturated heterocycles. The maximum atomic E-state index is 12.6. The lowest BCUT2D eigenvalue weighted by Crippen LogP contribution is -2.29. The molecule has 0 amide bonds. The molecule has 0 radical (unpaired) electrons. The number of thiophene rings is 1. The van der Waals surface area contributed by atoms with Crippen molar-refractivity contribution in [2.75, 3.05) is 12.8 Å². The number of hydrogen-bond acceptors (Lipinski definition) is 4. The van der Waals surface area contributed by atoms with Crippen molar-refractivity contribution in [3.8, 4) is 0 Å². The van der Waals surface area contributed by atoms with Crippen LogP contribution in [-0.4, -0.2) is 19.8 Å². The van der Waals surface area contributed by atoms with Crippen LogP contribution in [0.5, 0.6) is 0 Å². The molecular weight excluding hydrogens is 292 g/mol. The minimum Gasteiger partial charge on any atom is -0.399 e. The molecule has 6 heteroatoms. The van der Waals surface area contributed by atoms with Gasteiger partial charge in [0.1, 0.15) is 0 Å². The summed E-state index contributed by atoms with van der Waals surface area (Å²) in [6.07, 6.45) is 0. The lowest BCUT2D eigenvalue weighted by atomic mass is 10.3. The minimum atomic E-state index is -3.54. The van der Waals surface area contributed by atoms with Gasteiger partial charge < -0.3 is 5.73 Å². The Bertz CT molecular complexity index is 707. The molecule has 1 heterocycles. The molecule has 1 unspecified atom stereocenters. The minimum absolute atomic E-state index is 0.208. The molecule has 20 heavy (non-hydrogen) atoms. The molecule has 0 aliphatic heterocycles. The van der Waals surface area contributed by atoms with Gasteiger partial charge in [-0.2, -0.15) is 4.31 Å². The Balaban J connectivity index is 2.34. The topological polar surface area (TPSA) is 63.4 Å². The van der Waals surface area contributed by atoms with Gasteiger partial charge >= 0.3 is 0 Å². The van der Waals surface area contributed by atoms with Crippen LogP contribution in [0, 0.1) is 6.92 Å². The molecule has 2 rings (SSSR count). The molecule has 0 fully saturated rings. The molecule has 0 aliphatic carbocycles. The van der Waals surface area contributed by atoms with Crippen LogP contribution in [0.25, 0.3) is 0 Å². The molecule has 0 spiro atoms. The van der Waals surface area contributed by atoms with Crippen molar-refractivity contribution in [3.05, 3.63) is 46.2 Å². The molecular formula is C14H18N2O2S2. The van der Waals surface area contributed by atoms with Gasteiger partial charge in [-0.1, -0.05) is 6.07 Å². The Morgan fingerprint density at radius 2 is 1.95 bits per heavy atom. The first kappa shape index (κ1) is 15.0. The summed E-state index contributed by atoms with van der Waals surface area (Å²) in [5.74, 6) is 0. The van der Waals surface area contributed by atoms with Crippen LogP contribution in [0.2, 0.25) is 0 Å². The fraction of sp³-hybridized carbons (Fsp3) is 0.286. The smallest absolute Gasteiger partial charge is 0.243 e. The second-order valence-corrected chi connectivity index (χ2v) is 8.04. The lowest BCUT2D eigenvalue weighted by Gasteiger charge is -2.23. The van der Waals surface area contributed by atoms with E-state index in [1.807, 2.05) is 26.0 Å². The van der Waals surface area contributed by atoms with Crippen molar-refractivity contribution in [2.24, 2.45) is 0 Å². The van der Waals surface area contributed by atoms with Gasteiger partial charge in [-0.15, -0.1) is 11.3 Å². The summed E-state index contributed by atoms with van der Waals surface area (Å²) in [5, 5.41) is 0. The van der Waals surface area contributed by atoms with Gasteiger partial charge in [0, 0.05) is 22.5 Å². The van der Waals surface area contributed by atoms with E-state index in [1.54, 1.807) is 36.6 Å². The van der Waals surface area contributed by atoms with E-state index >= 15 is 0 Å². The summed E-state index contributed by atoms with van der Waals surface area (Å²) in [5.41, 5.74) is 6.11. The number of nitrogen functional groups attached to an aromatic ring is 1. The van der Waals surface area contributed by atoms with Crippen LogP contribution in [-0.2, 0) is 10.0 Å². The highest BCUT2D eigenvalue weighted by atomic mass is 32.2. The van der Waals surface area contributed by atoms with Crippen molar-refractivity contribution in [1.82, 2.24) is 4.31 Å². The van der Waals surface area contributed by atoms with E-state index in [0.717, 1.165) is 4.88 Å². The second-order valence-electron chi connectivity index (χ2n) is 4.72. The highest BCUT2D eigenvalue weighted by Crippen LogP contribution is 2.30. The van der Waals surface area contributed by atoms with E-state index in [9.17, 15) is 8.42 Å². The molecule has 0 saturated carbocycles. The first-order valence-corrected chi connectivity index (χ1v) is 8.48. The van der Waals surface area contributed by atoms with Gasteiger partial charge in [0.25, 0.3) is 0 Å². The van der Waals surface area contributed by atoms with Crippen molar-refractivity contribution < 1.29 is 8.42 Å². The third kappa shape index (κ3) is 2.87. The van der Waals surface area contributed by atoms with Gasteiger partial charge in [-0.3, -0.25) is 0 Å². The molecule has 0 bridgehead atoms. The van der Waals surface area contributed by atoms with Crippen LogP contribution in [0.1, 0.15) is 22.7 Å². The largest absolute Gasteiger partial charge is 0.399 e. The van der Waals surface area contributed by atoms with E-state index in [4.69, 9.17) is 5.73 Å². The monoisotopic (exact) mass is 310 g/mol. The Labute approximate surface area is 123 Å². The number of rotatable bonds is 4. The normalized spacial score (nSPS) is 13.6. The summed E-state index contributed by atoms with van der Waals surface area (Å²) < 4.78 is 26.5. The maximum Gasteiger partial charge on any atom is 0.243 e. The molecule has 0 aliphatic rings. The Kier molecular flexibility index (Phi) is 4.17. The van der Waals surface area contributed by atoms with E-state index < -0.39 is 10.0 Å². The molecule has 2 aromatic rings.